The molecule has 1 aliphatic rings. The third-order valence-corrected chi connectivity index (χ3v) is 4.73. The highest BCUT2D eigenvalue weighted by Crippen LogP contribution is 2.35. The van der Waals surface area contributed by atoms with Crippen molar-refractivity contribution < 1.29 is 5.21 Å². The smallest absolute Gasteiger partial charge is 0.194 e. The standard InChI is InChI=1S/C15H13N6O2S/c22-21(23)13-6-2-1-5-12(13)19-9-20-14(11-4-3-7-16-8-11)17-18-15(20)24-10-19/h1-8,22H,9-10H2/q-1. The molecule has 0 saturated heterocycles. The lowest BCUT2D eigenvalue weighted by Gasteiger charge is -2.34. The summed E-state index contributed by atoms with van der Waals surface area (Å²) in [5.74, 6) is 1.33. The summed E-state index contributed by atoms with van der Waals surface area (Å²) in [7, 11) is 0. The van der Waals surface area contributed by atoms with Crippen molar-refractivity contribution in [2.75, 3.05) is 16.0 Å². The van der Waals surface area contributed by atoms with Crippen molar-refractivity contribution in [2.45, 2.75) is 11.8 Å². The summed E-state index contributed by atoms with van der Waals surface area (Å²) in [6.07, 6.45) is 3.44. The van der Waals surface area contributed by atoms with Crippen LogP contribution in [0.2, 0.25) is 0 Å². The van der Waals surface area contributed by atoms with Crippen LogP contribution in [0.3, 0.4) is 0 Å². The molecule has 0 amide bonds. The molecule has 4 rings (SSSR count). The molecule has 8 nitrogen and oxygen atoms in total. The number of aromatic nitrogens is 4. The SMILES string of the molecule is [O-]N(O)c1ccccc1N1CSc2nnc(-c3cccnc3)n2C1. The van der Waals surface area contributed by atoms with Gasteiger partial charge in [-0.2, -0.15) is 0 Å². The molecule has 24 heavy (non-hydrogen) atoms. The van der Waals surface area contributed by atoms with Crippen LogP contribution in [0, 0.1) is 5.21 Å². The molecule has 3 heterocycles. The second kappa shape index (κ2) is 6.11. The van der Waals surface area contributed by atoms with Gasteiger partial charge in [0, 0.05) is 18.0 Å². The molecule has 0 spiro atoms. The first-order valence-electron chi connectivity index (χ1n) is 7.20. The molecule has 0 unspecified atom stereocenters. The Labute approximate surface area is 141 Å². The number of thioether (sulfide) groups is 1. The molecule has 0 fully saturated rings. The Kier molecular flexibility index (Phi) is 3.81. The molecule has 1 aromatic carbocycles. The van der Waals surface area contributed by atoms with Gasteiger partial charge in [-0.05, 0) is 24.3 Å². The first-order valence-corrected chi connectivity index (χ1v) is 8.19. The van der Waals surface area contributed by atoms with Crippen molar-refractivity contribution in [1.82, 2.24) is 19.7 Å². The van der Waals surface area contributed by atoms with Crippen LogP contribution in [0.1, 0.15) is 0 Å². The quantitative estimate of drug-likeness (QED) is 0.727. The third-order valence-electron chi connectivity index (χ3n) is 3.73. The predicted molar refractivity (Wildman–Crippen MR) is 90.5 cm³/mol. The average Bonchev–Trinajstić information content (AvgIpc) is 3.05. The van der Waals surface area contributed by atoms with E-state index >= 15 is 0 Å². The van der Waals surface area contributed by atoms with E-state index in [2.05, 4.69) is 15.2 Å². The van der Waals surface area contributed by atoms with E-state index in [-0.39, 0.29) is 10.9 Å². The minimum atomic E-state index is -0.107. The molecule has 9 heteroatoms. The van der Waals surface area contributed by atoms with Gasteiger partial charge in [-0.25, -0.2) is 0 Å². The fraction of sp³-hybridized carbons (Fsp3) is 0.133. The highest BCUT2D eigenvalue weighted by atomic mass is 32.2. The zero-order valence-electron chi connectivity index (χ0n) is 12.5. The number of hydrogen-bond acceptors (Lipinski definition) is 8. The second-order valence-corrected chi connectivity index (χ2v) is 6.10. The molecule has 0 bridgehead atoms. The van der Waals surface area contributed by atoms with E-state index in [1.807, 2.05) is 27.7 Å². The zero-order chi connectivity index (χ0) is 16.5. The Hall–Kier alpha value is -2.62. The van der Waals surface area contributed by atoms with Gasteiger partial charge in [0.15, 0.2) is 11.0 Å². The largest absolute Gasteiger partial charge is 0.733 e. The molecule has 0 atom stereocenters. The van der Waals surface area contributed by atoms with Crippen LogP contribution in [0.25, 0.3) is 11.4 Å². The minimum absolute atomic E-state index is 0.107. The zero-order valence-corrected chi connectivity index (χ0v) is 13.3. The van der Waals surface area contributed by atoms with Gasteiger partial charge < -0.3 is 15.3 Å². The van der Waals surface area contributed by atoms with Crippen LogP contribution in [0.15, 0.2) is 53.9 Å². The van der Waals surface area contributed by atoms with Crippen molar-refractivity contribution >= 4 is 23.1 Å². The maximum atomic E-state index is 11.4. The predicted octanol–water partition coefficient (Wildman–Crippen LogP) is 2.56. The molecule has 2 aromatic heterocycles. The van der Waals surface area contributed by atoms with Crippen LogP contribution in [0.5, 0.6) is 0 Å². The molecule has 0 saturated carbocycles. The van der Waals surface area contributed by atoms with Crippen LogP contribution >= 0.6 is 11.8 Å². The van der Waals surface area contributed by atoms with Gasteiger partial charge in [-0.3, -0.25) is 14.8 Å². The number of benzene rings is 1. The van der Waals surface area contributed by atoms with Crippen molar-refractivity contribution in [3.8, 4) is 11.4 Å². The summed E-state index contributed by atoms with van der Waals surface area (Å²) < 4.78 is 1.97. The van der Waals surface area contributed by atoms with E-state index in [0.29, 0.717) is 18.2 Å². The van der Waals surface area contributed by atoms with E-state index in [1.165, 1.54) is 11.8 Å². The Balaban J connectivity index is 1.71. The normalized spacial score (nSPS) is 13.7. The molecule has 0 radical (unpaired) electrons. The number of anilines is 2. The first-order chi connectivity index (χ1) is 11.7. The highest BCUT2D eigenvalue weighted by molar-refractivity contribution is 7.99. The lowest BCUT2D eigenvalue weighted by Crippen LogP contribution is -2.31. The Morgan fingerprint density at radius 3 is 2.83 bits per heavy atom. The number of para-hydroxylation sites is 2. The monoisotopic (exact) mass is 341 g/mol. The molecule has 0 aliphatic carbocycles. The number of rotatable bonds is 3. The van der Waals surface area contributed by atoms with Gasteiger partial charge in [0.1, 0.15) is 0 Å². The number of nitrogens with zero attached hydrogens (tertiary/aromatic N) is 6. The van der Waals surface area contributed by atoms with Gasteiger partial charge in [-0.15, -0.1) is 10.2 Å². The fourth-order valence-electron chi connectivity index (χ4n) is 2.62. The van der Waals surface area contributed by atoms with Gasteiger partial charge >= 0.3 is 0 Å². The number of fused-ring (bicyclic) bond motifs is 1. The van der Waals surface area contributed by atoms with Crippen LogP contribution in [-0.2, 0) is 6.67 Å². The average molecular weight is 341 g/mol. The van der Waals surface area contributed by atoms with E-state index in [9.17, 15) is 10.4 Å². The van der Waals surface area contributed by atoms with Crippen molar-refractivity contribution in [2.24, 2.45) is 0 Å². The molecule has 1 aliphatic heterocycles. The maximum Gasteiger partial charge on any atom is 0.194 e. The number of hydrogen-bond donors (Lipinski definition) is 1. The maximum absolute atomic E-state index is 11.4. The Morgan fingerprint density at radius 2 is 2.04 bits per heavy atom. The van der Waals surface area contributed by atoms with Gasteiger partial charge in [0.05, 0.1) is 23.9 Å². The number of pyridine rings is 1. The van der Waals surface area contributed by atoms with Gasteiger partial charge in [-0.1, -0.05) is 23.9 Å². The van der Waals surface area contributed by atoms with Crippen molar-refractivity contribution in [3.63, 3.8) is 0 Å². The second-order valence-electron chi connectivity index (χ2n) is 5.19. The van der Waals surface area contributed by atoms with E-state index in [1.54, 1.807) is 30.6 Å². The molecule has 122 valence electrons. The molecular weight excluding hydrogens is 328 g/mol. The van der Waals surface area contributed by atoms with E-state index in [4.69, 9.17) is 0 Å². The third kappa shape index (κ3) is 2.58. The Bertz CT molecular complexity index is 854. The summed E-state index contributed by atoms with van der Waals surface area (Å²) in [6.45, 7) is 0.477. The lowest BCUT2D eigenvalue weighted by atomic mass is 10.2. The summed E-state index contributed by atoms with van der Waals surface area (Å²) in [5, 5.41) is 29.9. The van der Waals surface area contributed by atoms with Gasteiger partial charge in [0.25, 0.3) is 0 Å². The fourth-order valence-corrected chi connectivity index (χ4v) is 3.51. The van der Waals surface area contributed by atoms with Crippen LogP contribution in [0.4, 0.5) is 11.4 Å². The topological polar surface area (TPSA) is 93.4 Å². The Morgan fingerprint density at radius 1 is 1.17 bits per heavy atom. The van der Waals surface area contributed by atoms with Gasteiger partial charge in [0.2, 0.25) is 0 Å². The van der Waals surface area contributed by atoms with Crippen LogP contribution in [-0.4, -0.2) is 30.8 Å². The van der Waals surface area contributed by atoms with E-state index in [0.717, 1.165) is 16.5 Å². The summed E-state index contributed by atoms with van der Waals surface area (Å²) in [6, 6.07) is 10.7. The molecule has 3 aromatic rings. The summed E-state index contributed by atoms with van der Waals surface area (Å²) >= 11 is 1.52. The highest BCUT2D eigenvalue weighted by Gasteiger charge is 2.24. The lowest BCUT2D eigenvalue weighted by molar-refractivity contribution is 0.296. The molecular formula is C15H13N6O2S-. The first kappa shape index (κ1) is 14.9. The summed E-state index contributed by atoms with van der Waals surface area (Å²) in [4.78, 5) is 6.10. The van der Waals surface area contributed by atoms with Crippen molar-refractivity contribution in [3.05, 3.63) is 54.0 Å². The minimum Gasteiger partial charge on any atom is -0.733 e. The van der Waals surface area contributed by atoms with Crippen molar-refractivity contribution in [1.29, 1.82) is 0 Å². The van der Waals surface area contributed by atoms with E-state index < -0.39 is 0 Å². The molecule has 1 N–H and O–H groups in total. The summed E-state index contributed by atoms with van der Waals surface area (Å²) in [5.41, 5.74) is 1.73. The van der Waals surface area contributed by atoms with Crippen LogP contribution < -0.4 is 10.1 Å².